The minimum atomic E-state index is 0.571. The zero-order valence-corrected chi connectivity index (χ0v) is 16.2. The molecule has 0 saturated heterocycles. The van der Waals surface area contributed by atoms with Gasteiger partial charge in [0.05, 0.1) is 17.7 Å². The predicted molar refractivity (Wildman–Crippen MR) is 112 cm³/mol. The first-order chi connectivity index (χ1) is 12.8. The average molecular weight is 367 g/mol. The molecule has 1 N–H and O–H groups in total. The van der Waals surface area contributed by atoms with Crippen LogP contribution in [0.1, 0.15) is 19.0 Å². The summed E-state index contributed by atoms with van der Waals surface area (Å²) in [5.41, 5.74) is 4.72. The normalized spacial score (nSPS) is 12.1. The van der Waals surface area contributed by atoms with E-state index in [1.807, 2.05) is 36.4 Å². The van der Waals surface area contributed by atoms with Crippen LogP contribution in [-0.4, -0.2) is 32.6 Å². The van der Waals surface area contributed by atoms with Gasteiger partial charge in [-0.2, -0.15) is 11.8 Å². The van der Waals surface area contributed by atoms with Gasteiger partial charge in [0.15, 0.2) is 0 Å². The number of anilines is 1. The number of thioether (sulfide) groups is 1. The molecule has 0 fully saturated rings. The van der Waals surface area contributed by atoms with E-state index in [2.05, 4.69) is 58.4 Å². The number of nitrogens with one attached hydrogen (secondary N) is 1. The Morgan fingerprint density at radius 1 is 1.15 bits per heavy atom. The molecule has 26 heavy (non-hydrogen) atoms. The van der Waals surface area contributed by atoms with E-state index < -0.39 is 0 Å². The third kappa shape index (κ3) is 4.88. The van der Waals surface area contributed by atoms with Gasteiger partial charge in [-0.05, 0) is 24.8 Å². The van der Waals surface area contributed by atoms with Gasteiger partial charge in [0.25, 0.3) is 0 Å². The lowest BCUT2D eigenvalue weighted by atomic mass is 10.1. The first-order valence-electron chi connectivity index (χ1n) is 9.04. The van der Waals surface area contributed by atoms with E-state index in [1.165, 1.54) is 11.3 Å². The number of imidazole rings is 1. The topological polar surface area (TPSA) is 42.7 Å². The van der Waals surface area contributed by atoms with Crippen molar-refractivity contribution in [3.63, 3.8) is 0 Å². The van der Waals surface area contributed by atoms with Crippen molar-refractivity contribution in [3.05, 3.63) is 66.9 Å². The summed E-state index contributed by atoms with van der Waals surface area (Å²) in [5.74, 6) is 0. The van der Waals surface area contributed by atoms with Crippen molar-refractivity contribution < 1.29 is 0 Å². The van der Waals surface area contributed by atoms with E-state index >= 15 is 0 Å². The Morgan fingerprint density at radius 2 is 2.00 bits per heavy atom. The Kier molecular flexibility index (Phi) is 6.72. The molecule has 5 heteroatoms. The van der Waals surface area contributed by atoms with Crippen LogP contribution in [-0.2, 0) is 13.0 Å². The van der Waals surface area contributed by atoms with Crippen LogP contribution in [0.25, 0.3) is 11.3 Å². The molecule has 0 amide bonds. The van der Waals surface area contributed by atoms with Gasteiger partial charge in [-0.25, -0.2) is 4.98 Å². The molecule has 0 aliphatic rings. The highest BCUT2D eigenvalue weighted by Gasteiger charge is 2.15. The maximum atomic E-state index is 4.73. The van der Waals surface area contributed by atoms with Crippen molar-refractivity contribution >= 4 is 17.4 Å². The van der Waals surface area contributed by atoms with Gasteiger partial charge < -0.3 is 9.88 Å². The first kappa shape index (κ1) is 18.5. The van der Waals surface area contributed by atoms with Crippen molar-refractivity contribution in [1.29, 1.82) is 0 Å². The SMILES string of the molecule is CS[C@@H](C)Cc1c(-c2ccccc2)ncn1CCCNc1cccnc1. The van der Waals surface area contributed by atoms with Crippen molar-refractivity contribution in [1.82, 2.24) is 14.5 Å². The Hall–Kier alpha value is -2.27. The van der Waals surface area contributed by atoms with Gasteiger partial charge in [0.1, 0.15) is 0 Å². The number of hydrogen-bond donors (Lipinski definition) is 1. The van der Waals surface area contributed by atoms with Gasteiger partial charge in [-0.15, -0.1) is 0 Å². The summed E-state index contributed by atoms with van der Waals surface area (Å²) in [6, 6.07) is 14.5. The molecule has 3 aromatic rings. The molecular formula is C21H26N4S. The number of aryl methyl sites for hydroxylation is 1. The molecule has 0 saturated carbocycles. The quantitative estimate of drug-likeness (QED) is 0.555. The highest BCUT2D eigenvalue weighted by molar-refractivity contribution is 7.99. The molecule has 1 aromatic carbocycles. The number of benzene rings is 1. The molecule has 4 nitrogen and oxygen atoms in total. The van der Waals surface area contributed by atoms with Crippen molar-refractivity contribution in [2.24, 2.45) is 0 Å². The molecule has 0 bridgehead atoms. The predicted octanol–water partition coefficient (Wildman–Crippen LogP) is 4.74. The van der Waals surface area contributed by atoms with Crippen LogP contribution in [0.2, 0.25) is 0 Å². The molecule has 0 unspecified atom stereocenters. The van der Waals surface area contributed by atoms with Crippen molar-refractivity contribution in [3.8, 4) is 11.3 Å². The average Bonchev–Trinajstić information content (AvgIpc) is 3.09. The zero-order chi connectivity index (χ0) is 18.2. The van der Waals surface area contributed by atoms with Crippen LogP contribution < -0.4 is 5.32 Å². The van der Waals surface area contributed by atoms with Gasteiger partial charge in [0, 0.05) is 48.4 Å². The molecule has 1 atom stereocenters. The second kappa shape index (κ2) is 9.43. The third-order valence-corrected chi connectivity index (χ3v) is 5.41. The lowest BCUT2D eigenvalue weighted by Gasteiger charge is -2.14. The maximum absolute atomic E-state index is 4.73. The fraction of sp³-hybridized carbons (Fsp3) is 0.333. The van der Waals surface area contributed by atoms with E-state index in [1.54, 1.807) is 6.20 Å². The molecule has 136 valence electrons. The Morgan fingerprint density at radius 3 is 2.73 bits per heavy atom. The summed E-state index contributed by atoms with van der Waals surface area (Å²) < 4.78 is 2.32. The van der Waals surface area contributed by atoms with Gasteiger partial charge in [0.2, 0.25) is 0 Å². The second-order valence-electron chi connectivity index (χ2n) is 6.37. The van der Waals surface area contributed by atoms with Crippen LogP contribution in [0.15, 0.2) is 61.2 Å². The van der Waals surface area contributed by atoms with Gasteiger partial charge >= 0.3 is 0 Å². The van der Waals surface area contributed by atoms with Crippen molar-refractivity contribution in [2.45, 2.75) is 31.6 Å². The summed E-state index contributed by atoms with van der Waals surface area (Å²) in [7, 11) is 0. The second-order valence-corrected chi connectivity index (χ2v) is 7.65. The number of pyridine rings is 1. The lowest BCUT2D eigenvalue weighted by Crippen LogP contribution is -2.11. The van der Waals surface area contributed by atoms with Gasteiger partial charge in [-0.1, -0.05) is 37.3 Å². The summed E-state index contributed by atoms with van der Waals surface area (Å²) in [5, 5.41) is 4.00. The van der Waals surface area contributed by atoms with E-state index in [4.69, 9.17) is 4.98 Å². The lowest BCUT2D eigenvalue weighted by molar-refractivity contribution is 0.629. The largest absolute Gasteiger partial charge is 0.384 e. The molecule has 2 aromatic heterocycles. The van der Waals surface area contributed by atoms with Crippen LogP contribution in [0.4, 0.5) is 5.69 Å². The summed E-state index contributed by atoms with van der Waals surface area (Å²) in [6.45, 7) is 4.16. The monoisotopic (exact) mass is 366 g/mol. The smallest absolute Gasteiger partial charge is 0.0956 e. The number of hydrogen-bond acceptors (Lipinski definition) is 4. The highest BCUT2D eigenvalue weighted by atomic mass is 32.2. The molecule has 0 radical (unpaired) electrons. The molecule has 3 rings (SSSR count). The number of aromatic nitrogens is 3. The Labute approximate surface area is 160 Å². The minimum Gasteiger partial charge on any atom is -0.384 e. The molecule has 0 spiro atoms. The number of nitrogens with zero attached hydrogens (tertiary/aromatic N) is 3. The third-order valence-electron chi connectivity index (χ3n) is 4.44. The van der Waals surface area contributed by atoms with Crippen LogP contribution in [0.3, 0.4) is 0 Å². The minimum absolute atomic E-state index is 0.571. The van der Waals surface area contributed by atoms with Crippen LogP contribution >= 0.6 is 11.8 Å². The van der Waals surface area contributed by atoms with E-state index in [0.717, 1.165) is 37.3 Å². The Bertz CT molecular complexity index is 786. The number of rotatable bonds is 9. The molecule has 0 aliphatic carbocycles. The molecular weight excluding hydrogens is 340 g/mol. The van der Waals surface area contributed by atoms with Gasteiger partial charge in [-0.3, -0.25) is 4.98 Å². The fourth-order valence-corrected chi connectivity index (χ4v) is 3.28. The Balaban J connectivity index is 1.68. The maximum Gasteiger partial charge on any atom is 0.0956 e. The van der Waals surface area contributed by atoms with Crippen LogP contribution in [0.5, 0.6) is 0 Å². The van der Waals surface area contributed by atoms with Crippen molar-refractivity contribution in [2.75, 3.05) is 18.1 Å². The summed E-state index contributed by atoms with van der Waals surface area (Å²) in [6.07, 6.45) is 9.89. The first-order valence-corrected chi connectivity index (χ1v) is 10.3. The highest BCUT2D eigenvalue weighted by Crippen LogP contribution is 2.25. The van der Waals surface area contributed by atoms with E-state index in [-0.39, 0.29) is 0 Å². The zero-order valence-electron chi connectivity index (χ0n) is 15.4. The summed E-state index contributed by atoms with van der Waals surface area (Å²) in [4.78, 5) is 8.87. The van der Waals surface area contributed by atoms with E-state index in [0.29, 0.717) is 5.25 Å². The summed E-state index contributed by atoms with van der Waals surface area (Å²) >= 11 is 1.90. The van der Waals surface area contributed by atoms with E-state index in [9.17, 15) is 0 Å². The fourth-order valence-electron chi connectivity index (χ4n) is 2.96. The van der Waals surface area contributed by atoms with Crippen LogP contribution in [0, 0.1) is 0 Å². The standard InChI is InChI=1S/C21H26N4S/c1-17(26-2)14-20-21(18-8-4-3-5-9-18)24-16-25(20)13-7-12-23-19-10-6-11-22-15-19/h3-6,8-11,15-17,23H,7,12-14H2,1-2H3/t17-/m0/s1. The molecule has 2 heterocycles. The molecule has 0 aliphatic heterocycles.